The van der Waals surface area contributed by atoms with Gasteiger partial charge in [0.2, 0.25) is 0 Å². The molecule has 2 aromatic carbocycles. The molecule has 24 heavy (non-hydrogen) atoms. The van der Waals surface area contributed by atoms with E-state index in [2.05, 4.69) is 4.72 Å². The summed E-state index contributed by atoms with van der Waals surface area (Å²) < 4.78 is 26.8. The molecule has 0 fully saturated rings. The van der Waals surface area contributed by atoms with Crippen LogP contribution in [0, 0.1) is 0 Å². The Hall–Kier alpha value is -2.29. The van der Waals surface area contributed by atoms with Crippen LogP contribution in [0.2, 0.25) is 0 Å². The van der Waals surface area contributed by atoms with Crippen molar-refractivity contribution >= 4 is 32.8 Å². The van der Waals surface area contributed by atoms with Crippen LogP contribution in [0.15, 0.2) is 36.4 Å². The lowest BCUT2D eigenvalue weighted by atomic mass is 9.94. The maximum atomic E-state index is 12.6. The largest absolute Gasteiger partial charge is 0.278 e. The Morgan fingerprint density at radius 2 is 1.54 bits per heavy atom. The number of benzene rings is 2. The van der Waals surface area contributed by atoms with Gasteiger partial charge in [0.1, 0.15) is 0 Å². The summed E-state index contributed by atoms with van der Waals surface area (Å²) in [5.41, 5.74) is 0.913. The standard InChI is InChI=1S/C16H17N3O4S/c1-18(2)24(22,23)17-9-10-19-15(20)12-7-3-5-11-6-4-8-13(14(11)12)16(19)21/h3-8,17H,9-10H2,1-2H3. The number of rotatable bonds is 5. The molecule has 7 nitrogen and oxygen atoms in total. The second-order valence-corrected chi connectivity index (χ2v) is 7.62. The minimum absolute atomic E-state index is 0.0323. The van der Waals surface area contributed by atoms with Gasteiger partial charge in [-0.3, -0.25) is 14.5 Å². The van der Waals surface area contributed by atoms with Crippen LogP contribution in [-0.2, 0) is 10.2 Å². The molecule has 0 unspecified atom stereocenters. The Labute approximate surface area is 140 Å². The van der Waals surface area contributed by atoms with Gasteiger partial charge in [0, 0.05) is 43.7 Å². The summed E-state index contributed by atoms with van der Waals surface area (Å²) in [5.74, 6) is -0.818. The second kappa shape index (κ2) is 5.97. The Morgan fingerprint density at radius 1 is 1.00 bits per heavy atom. The van der Waals surface area contributed by atoms with Crippen molar-refractivity contribution in [1.82, 2.24) is 13.9 Å². The van der Waals surface area contributed by atoms with Crippen molar-refractivity contribution in [2.45, 2.75) is 0 Å². The van der Waals surface area contributed by atoms with Gasteiger partial charge in [-0.1, -0.05) is 24.3 Å². The molecule has 1 heterocycles. The second-order valence-electron chi connectivity index (χ2n) is 5.65. The Bertz CT molecular complexity index is 887. The molecular weight excluding hydrogens is 330 g/mol. The number of amides is 2. The summed E-state index contributed by atoms with van der Waals surface area (Å²) >= 11 is 0. The van der Waals surface area contributed by atoms with Crippen molar-refractivity contribution in [3.8, 4) is 0 Å². The molecule has 0 aliphatic carbocycles. The van der Waals surface area contributed by atoms with Crippen LogP contribution >= 0.6 is 0 Å². The first-order valence-electron chi connectivity index (χ1n) is 7.38. The SMILES string of the molecule is CN(C)S(=O)(=O)NCCN1C(=O)c2cccc3cccc(c23)C1=O. The van der Waals surface area contributed by atoms with Gasteiger partial charge in [-0.25, -0.2) is 4.72 Å². The van der Waals surface area contributed by atoms with Crippen molar-refractivity contribution < 1.29 is 18.0 Å². The molecule has 8 heteroatoms. The smallest absolute Gasteiger partial charge is 0.273 e. The Kier molecular flexibility index (Phi) is 4.12. The highest BCUT2D eigenvalue weighted by molar-refractivity contribution is 7.87. The van der Waals surface area contributed by atoms with Crippen molar-refractivity contribution in [2.75, 3.05) is 27.2 Å². The first-order chi connectivity index (χ1) is 11.3. The Morgan fingerprint density at radius 3 is 2.04 bits per heavy atom. The van der Waals surface area contributed by atoms with Gasteiger partial charge < -0.3 is 0 Å². The van der Waals surface area contributed by atoms with E-state index in [9.17, 15) is 18.0 Å². The van der Waals surface area contributed by atoms with Gasteiger partial charge in [0.25, 0.3) is 22.0 Å². The molecule has 1 N–H and O–H groups in total. The van der Waals surface area contributed by atoms with E-state index in [4.69, 9.17) is 0 Å². The molecule has 1 aliphatic rings. The van der Waals surface area contributed by atoms with E-state index < -0.39 is 22.0 Å². The van der Waals surface area contributed by atoms with Gasteiger partial charge in [-0.05, 0) is 17.5 Å². The van der Waals surface area contributed by atoms with Gasteiger partial charge in [0.15, 0.2) is 0 Å². The first-order valence-corrected chi connectivity index (χ1v) is 8.82. The fourth-order valence-corrected chi connectivity index (χ4v) is 3.31. The van der Waals surface area contributed by atoms with Crippen LogP contribution in [0.25, 0.3) is 10.8 Å². The Balaban J connectivity index is 1.88. The van der Waals surface area contributed by atoms with E-state index in [-0.39, 0.29) is 13.1 Å². The van der Waals surface area contributed by atoms with Gasteiger partial charge in [0.05, 0.1) is 0 Å². The third-order valence-electron chi connectivity index (χ3n) is 3.96. The summed E-state index contributed by atoms with van der Waals surface area (Å²) in [6.07, 6.45) is 0. The van der Waals surface area contributed by atoms with Crippen molar-refractivity contribution in [3.05, 3.63) is 47.5 Å². The third kappa shape index (κ3) is 2.68. The molecule has 0 saturated heterocycles. The number of carbonyl (C=O) groups excluding carboxylic acids is 2. The van der Waals surface area contributed by atoms with Gasteiger partial charge in [-0.2, -0.15) is 12.7 Å². The fourth-order valence-electron chi connectivity index (χ4n) is 2.70. The van der Waals surface area contributed by atoms with Crippen LogP contribution in [-0.4, -0.2) is 56.6 Å². The zero-order chi connectivity index (χ0) is 17.5. The minimum Gasteiger partial charge on any atom is -0.273 e. The maximum absolute atomic E-state index is 12.6. The van der Waals surface area contributed by atoms with Crippen molar-refractivity contribution in [3.63, 3.8) is 0 Å². The first kappa shape index (κ1) is 16.6. The van der Waals surface area contributed by atoms with Crippen molar-refractivity contribution in [2.24, 2.45) is 0 Å². The van der Waals surface area contributed by atoms with Crippen LogP contribution in [0.5, 0.6) is 0 Å². The number of hydrogen-bond donors (Lipinski definition) is 1. The topological polar surface area (TPSA) is 86.8 Å². The summed E-state index contributed by atoms with van der Waals surface area (Å²) in [4.78, 5) is 26.3. The summed E-state index contributed by atoms with van der Waals surface area (Å²) in [7, 11) is -0.802. The molecule has 0 atom stereocenters. The third-order valence-corrected chi connectivity index (χ3v) is 5.49. The summed E-state index contributed by atoms with van der Waals surface area (Å²) in [6.45, 7) is -0.0778. The molecule has 0 saturated carbocycles. The lowest BCUT2D eigenvalue weighted by Crippen LogP contribution is -2.46. The van der Waals surface area contributed by atoms with Crippen LogP contribution in [0.3, 0.4) is 0 Å². The molecule has 1 aliphatic heterocycles. The number of nitrogens with zero attached hydrogens (tertiary/aromatic N) is 2. The van der Waals surface area contributed by atoms with E-state index in [1.165, 1.54) is 14.1 Å². The predicted octanol–water partition coefficient (Wildman–Crippen LogP) is 0.832. The number of nitrogens with one attached hydrogen (secondary N) is 1. The number of hydrogen-bond acceptors (Lipinski definition) is 4. The predicted molar refractivity (Wildman–Crippen MR) is 89.9 cm³/mol. The zero-order valence-electron chi connectivity index (χ0n) is 13.3. The highest BCUT2D eigenvalue weighted by atomic mass is 32.2. The van der Waals surface area contributed by atoms with Crippen LogP contribution in [0.1, 0.15) is 20.7 Å². The van der Waals surface area contributed by atoms with Gasteiger partial charge >= 0.3 is 0 Å². The number of carbonyl (C=O) groups is 2. The van der Waals surface area contributed by atoms with E-state index in [1.807, 2.05) is 12.1 Å². The maximum Gasteiger partial charge on any atom is 0.278 e. The summed E-state index contributed by atoms with van der Waals surface area (Å²) in [6, 6.07) is 10.6. The average Bonchev–Trinajstić information content (AvgIpc) is 2.55. The van der Waals surface area contributed by atoms with Crippen molar-refractivity contribution in [1.29, 1.82) is 0 Å². The quantitative estimate of drug-likeness (QED) is 0.812. The summed E-state index contributed by atoms with van der Waals surface area (Å²) in [5, 5.41) is 1.49. The fraction of sp³-hybridized carbons (Fsp3) is 0.250. The van der Waals surface area contributed by atoms with Crippen LogP contribution in [0.4, 0.5) is 0 Å². The average molecular weight is 347 g/mol. The molecule has 0 aromatic heterocycles. The lowest BCUT2D eigenvalue weighted by molar-refractivity contribution is 0.0613. The molecule has 2 aromatic rings. The van der Waals surface area contributed by atoms with E-state index in [0.717, 1.165) is 14.6 Å². The zero-order valence-corrected chi connectivity index (χ0v) is 14.1. The van der Waals surface area contributed by atoms with Crippen LogP contribution < -0.4 is 4.72 Å². The highest BCUT2D eigenvalue weighted by Gasteiger charge is 2.32. The molecule has 126 valence electrons. The van der Waals surface area contributed by atoms with Gasteiger partial charge in [-0.15, -0.1) is 0 Å². The molecule has 0 bridgehead atoms. The minimum atomic E-state index is -3.60. The normalized spacial score (nSPS) is 14.7. The molecule has 2 amide bonds. The highest BCUT2D eigenvalue weighted by Crippen LogP contribution is 2.29. The monoisotopic (exact) mass is 347 g/mol. The molecule has 3 rings (SSSR count). The molecule has 0 radical (unpaired) electrons. The number of imide groups is 1. The van der Waals surface area contributed by atoms with E-state index in [0.29, 0.717) is 16.5 Å². The van der Waals surface area contributed by atoms with E-state index >= 15 is 0 Å². The molecule has 0 spiro atoms. The lowest BCUT2D eigenvalue weighted by Gasteiger charge is -2.27. The van der Waals surface area contributed by atoms with E-state index in [1.54, 1.807) is 24.3 Å². The molecular formula is C16H17N3O4S.